The number of nitrogens with zero attached hydrogens (tertiary/aromatic N) is 2. The maximum atomic E-state index is 12.6. The summed E-state index contributed by atoms with van der Waals surface area (Å²) in [6.07, 6.45) is 3.11. The summed E-state index contributed by atoms with van der Waals surface area (Å²) in [5.74, 6) is 0.938. The second-order valence-corrected chi connectivity index (χ2v) is 7.56. The molecule has 3 aromatic heterocycles. The molecule has 1 aromatic carbocycles. The number of hydrogen-bond donors (Lipinski definition) is 0. The molecule has 0 aliphatic rings. The number of carbonyl (C=O) groups is 1. The molecule has 0 unspecified atom stereocenters. The molecule has 0 aliphatic carbocycles. The third-order valence-corrected chi connectivity index (χ3v) is 5.40. The Morgan fingerprint density at radius 2 is 2.03 bits per heavy atom. The first kappa shape index (κ1) is 19.3. The van der Waals surface area contributed by atoms with E-state index >= 15 is 0 Å². The third kappa shape index (κ3) is 4.52. The van der Waals surface area contributed by atoms with Gasteiger partial charge in [-0.3, -0.25) is 9.20 Å². The van der Waals surface area contributed by atoms with Crippen molar-refractivity contribution in [2.45, 2.75) is 17.3 Å². The van der Waals surface area contributed by atoms with Crippen molar-refractivity contribution in [3.8, 4) is 0 Å². The van der Waals surface area contributed by atoms with Gasteiger partial charge in [0.15, 0.2) is 0 Å². The number of furan rings is 1. The van der Waals surface area contributed by atoms with Gasteiger partial charge in [-0.05, 0) is 36.4 Å². The summed E-state index contributed by atoms with van der Waals surface area (Å²) in [5, 5.41) is 0.434. The van der Waals surface area contributed by atoms with Crippen LogP contribution in [0.1, 0.15) is 21.8 Å². The van der Waals surface area contributed by atoms with E-state index in [2.05, 4.69) is 4.98 Å². The number of rotatable bonds is 6. The number of esters is 1. The smallest absolute Gasteiger partial charge is 0.339 e. The van der Waals surface area contributed by atoms with Crippen molar-refractivity contribution in [1.29, 1.82) is 0 Å². The van der Waals surface area contributed by atoms with Crippen molar-refractivity contribution in [3.63, 3.8) is 0 Å². The molecule has 8 heteroatoms. The average Bonchev–Trinajstić information content (AvgIpc) is 3.25. The van der Waals surface area contributed by atoms with Gasteiger partial charge < -0.3 is 9.15 Å². The van der Waals surface area contributed by atoms with Gasteiger partial charge >= 0.3 is 5.97 Å². The van der Waals surface area contributed by atoms with Gasteiger partial charge in [0.25, 0.3) is 5.56 Å². The van der Waals surface area contributed by atoms with E-state index in [4.69, 9.17) is 20.8 Å². The van der Waals surface area contributed by atoms with Crippen LogP contribution in [0, 0.1) is 0 Å². The van der Waals surface area contributed by atoms with Crippen LogP contribution in [0.4, 0.5) is 0 Å². The lowest BCUT2D eigenvalue weighted by Crippen LogP contribution is -2.16. The number of aromatic nitrogens is 2. The van der Waals surface area contributed by atoms with Gasteiger partial charge in [0.05, 0.1) is 28.3 Å². The maximum Gasteiger partial charge on any atom is 0.339 e. The average molecular weight is 427 g/mol. The molecule has 0 saturated heterocycles. The van der Waals surface area contributed by atoms with Gasteiger partial charge in [0.2, 0.25) is 0 Å². The van der Waals surface area contributed by atoms with Gasteiger partial charge in [-0.1, -0.05) is 23.7 Å². The van der Waals surface area contributed by atoms with Crippen LogP contribution in [-0.2, 0) is 17.1 Å². The molecule has 0 radical (unpaired) electrons. The summed E-state index contributed by atoms with van der Waals surface area (Å²) >= 11 is 7.39. The zero-order valence-electron chi connectivity index (χ0n) is 15.1. The normalized spacial score (nSPS) is 10.9. The van der Waals surface area contributed by atoms with Gasteiger partial charge in [-0.2, -0.15) is 0 Å². The van der Waals surface area contributed by atoms with Gasteiger partial charge in [0.1, 0.15) is 18.0 Å². The van der Waals surface area contributed by atoms with Crippen LogP contribution in [0.15, 0.2) is 81.2 Å². The van der Waals surface area contributed by atoms with Crippen molar-refractivity contribution < 1.29 is 13.9 Å². The van der Waals surface area contributed by atoms with Crippen molar-refractivity contribution >= 4 is 35.0 Å². The Morgan fingerprint density at radius 1 is 1.17 bits per heavy atom. The molecule has 0 fully saturated rings. The molecule has 0 N–H and O–H groups in total. The lowest BCUT2D eigenvalue weighted by Gasteiger charge is -2.09. The first-order valence-corrected chi connectivity index (χ1v) is 10.1. The Kier molecular flexibility index (Phi) is 5.69. The maximum absolute atomic E-state index is 12.6. The summed E-state index contributed by atoms with van der Waals surface area (Å²) in [7, 11) is 0. The zero-order valence-corrected chi connectivity index (χ0v) is 16.7. The molecule has 0 spiro atoms. The highest BCUT2D eigenvalue weighted by molar-refractivity contribution is 7.98. The van der Waals surface area contributed by atoms with E-state index in [0.29, 0.717) is 27.7 Å². The quantitative estimate of drug-likeness (QED) is 0.331. The monoisotopic (exact) mass is 426 g/mol. The number of benzene rings is 1. The molecule has 3 heterocycles. The minimum Gasteiger partial charge on any atom is -0.468 e. The van der Waals surface area contributed by atoms with Crippen LogP contribution in [0.2, 0.25) is 5.02 Å². The molecule has 146 valence electrons. The molecule has 0 amide bonds. The van der Waals surface area contributed by atoms with Gasteiger partial charge in [0, 0.05) is 17.2 Å². The Morgan fingerprint density at radius 3 is 2.86 bits per heavy atom. The van der Waals surface area contributed by atoms with Crippen molar-refractivity contribution in [2.75, 3.05) is 0 Å². The van der Waals surface area contributed by atoms with Crippen molar-refractivity contribution in [2.24, 2.45) is 0 Å². The molecule has 0 atom stereocenters. The van der Waals surface area contributed by atoms with Crippen molar-refractivity contribution in [3.05, 3.63) is 99.5 Å². The number of ether oxygens (including phenoxy) is 1. The lowest BCUT2D eigenvalue weighted by atomic mass is 10.2. The second-order valence-electron chi connectivity index (χ2n) is 6.10. The first-order valence-electron chi connectivity index (χ1n) is 8.69. The van der Waals surface area contributed by atoms with E-state index in [1.165, 1.54) is 28.4 Å². The Hall–Kier alpha value is -3.03. The molecule has 6 nitrogen and oxygen atoms in total. The van der Waals surface area contributed by atoms with Crippen LogP contribution in [0.5, 0.6) is 0 Å². The van der Waals surface area contributed by atoms with E-state index in [1.54, 1.807) is 30.5 Å². The molecule has 4 rings (SSSR count). The number of thioether (sulfide) groups is 1. The highest BCUT2D eigenvalue weighted by Gasteiger charge is 2.14. The van der Waals surface area contributed by atoms with E-state index in [9.17, 15) is 9.59 Å². The number of halogens is 1. The minimum atomic E-state index is -0.481. The molecule has 0 saturated carbocycles. The molecule has 0 bridgehead atoms. The highest BCUT2D eigenvalue weighted by Crippen LogP contribution is 2.27. The van der Waals surface area contributed by atoms with E-state index in [1.807, 2.05) is 24.3 Å². The van der Waals surface area contributed by atoms with E-state index in [0.717, 1.165) is 10.7 Å². The molecule has 29 heavy (non-hydrogen) atoms. The zero-order chi connectivity index (χ0) is 20.2. The largest absolute Gasteiger partial charge is 0.468 e. The fourth-order valence-electron chi connectivity index (χ4n) is 2.72. The van der Waals surface area contributed by atoms with E-state index in [-0.39, 0.29) is 12.2 Å². The lowest BCUT2D eigenvalue weighted by molar-refractivity contribution is 0.0463. The molecule has 0 aliphatic heterocycles. The van der Waals surface area contributed by atoms with Crippen LogP contribution in [0.3, 0.4) is 0 Å². The van der Waals surface area contributed by atoms with Crippen LogP contribution in [-0.4, -0.2) is 15.4 Å². The fourth-order valence-corrected chi connectivity index (χ4v) is 3.83. The second kappa shape index (κ2) is 8.55. The molecule has 4 aromatic rings. The van der Waals surface area contributed by atoms with Crippen LogP contribution < -0.4 is 5.56 Å². The minimum absolute atomic E-state index is 0.107. The standard InChI is InChI=1S/C21H15ClN2O4S/c22-14-7-8-19-23-15(10-20(25)24(19)11-14)12-28-21(26)17-5-1-2-6-18(17)29-13-16-4-3-9-27-16/h1-11H,12-13H2. The van der Waals surface area contributed by atoms with Crippen LogP contribution in [0.25, 0.3) is 5.65 Å². The summed E-state index contributed by atoms with van der Waals surface area (Å²) in [4.78, 5) is 30.0. The molecular formula is C21H15ClN2O4S. The Balaban J connectivity index is 1.48. The Labute approximate surface area is 175 Å². The topological polar surface area (TPSA) is 73.8 Å². The van der Waals surface area contributed by atoms with Gasteiger partial charge in [-0.15, -0.1) is 11.8 Å². The fraction of sp³-hybridized carbons (Fsp3) is 0.0952. The number of carbonyl (C=O) groups excluding carboxylic acids is 1. The predicted octanol–water partition coefficient (Wildman–Crippen LogP) is 4.59. The van der Waals surface area contributed by atoms with Crippen LogP contribution >= 0.6 is 23.4 Å². The highest BCUT2D eigenvalue weighted by atomic mass is 35.5. The van der Waals surface area contributed by atoms with Crippen molar-refractivity contribution in [1.82, 2.24) is 9.38 Å². The van der Waals surface area contributed by atoms with E-state index < -0.39 is 5.97 Å². The number of fused-ring (bicyclic) bond motifs is 1. The SMILES string of the molecule is O=C(OCc1cc(=O)n2cc(Cl)ccc2n1)c1ccccc1SCc1ccco1. The summed E-state index contributed by atoms with van der Waals surface area (Å²) in [5.41, 5.74) is 0.958. The third-order valence-electron chi connectivity index (χ3n) is 4.08. The first-order chi connectivity index (χ1) is 14.1. The Bertz CT molecular complexity index is 1220. The summed E-state index contributed by atoms with van der Waals surface area (Å²) < 4.78 is 12.1. The number of pyridine rings is 1. The molecular weight excluding hydrogens is 412 g/mol. The van der Waals surface area contributed by atoms with Gasteiger partial charge in [-0.25, -0.2) is 9.78 Å². The number of hydrogen-bond acceptors (Lipinski definition) is 6. The predicted molar refractivity (Wildman–Crippen MR) is 110 cm³/mol. The summed E-state index contributed by atoms with van der Waals surface area (Å²) in [6.45, 7) is -0.107. The summed E-state index contributed by atoms with van der Waals surface area (Å²) in [6, 6.07) is 15.5.